The van der Waals surface area contributed by atoms with E-state index in [2.05, 4.69) is 19.9 Å². The third kappa shape index (κ3) is 4.59. The van der Waals surface area contributed by atoms with Gasteiger partial charge in [-0.05, 0) is 31.5 Å². The van der Waals surface area contributed by atoms with Crippen molar-refractivity contribution in [2.45, 2.75) is 20.0 Å². The molecule has 0 N–H and O–H groups in total. The van der Waals surface area contributed by atoms with Crippen LogP contribution in [0.3, 0.4) is 0 Å². The Bertz CT molecular complexity index is 1030. The standard InChI is InChI=1S/C23H28N6O2/c1-15-12-21(26-16(2)25-15)29-10-11-31-20(14-29)22-19(13-24-23(27-22)28(3)4)17-6-8-18(30-5)9-7-17/h6-9,12-13,20H,10-11,14H2,1-5H3/t20-/m0/s1. The fourth-order valence-electron chi connectivity index (χ4n) is 3.72. The molecule has 31 heavy (non-hydrogen) atoms. The summed E-state index contributed by atoms with van der Waals surface area (Å²) in [5.74, 6) is 3.16. The minimum atomic E-state index is -0.205. The Labute approximate surface area is 182 Å². The summed E-state index contributed by atoms with van der Waals surface area (Å²) in [7, 11) is 5.54. The van der Waals surface area contributed by atoms with E-state index >= 15 is 0 Å². The fourth-order valence-corrected chi connectivity index (χ4v) is 3.72. The third-order valence-electron chi connectivity index (χ3n) is 5.25. The average Bonchev–Trinajstić information content (AvgIpc) is 2.78. The topological polar surface area (TPSA) is 76.5 Å². The van der Waals surface area contributed by atoms with Gasteiger partial charge in [0.05, 0.1) is 26.0 Å². The molecular formula is C23H28N6O2. The molecule has 0 unspecified atom stereocenters. The van der Waals surface area contributed by atoms with E-state index in [1.54, 1.807) is 7.11 Å². The first-order valence-electron chi connectivity index (χ1n) is 10.3. The van der Waals surface area contributed by atoms with Crippen LogP contribution in [0.15, 0.2) is 36.5 Å². The van der Waals surface area contributed by atoms with E-state index in [-0.39, 0.29) is 6.10 Å². The molecule has 0 saturated carbocycles. The van der Waals surface area contributed by atoms with Crippen molar-refractivity contribution in [3.05, 3.63) is 53.7 Å². The Balaban J connectivity index is 1.71. The molecule has 0 spiro atoms. The van der Waals surface area contributed by atoms with Crippen LogP contribution in [0.5, 0.6) is 5.75 Å². The molecule has 8 nitrogen and oxygen atoms in total. The number of hydrogen-bond donors (Lipinski definition) is 0. The first-order chi connectivity index (χ1) is 14.9. The lowest BCUT2D eigenvalue weighted by molar-refractivity contribution is 0.0371. The smallest absolute Gasteiger partial charge is 0.225 e. The van der Waals surface area contributed by atoms with Crippen LogP contribution in [-0.4, -0.2) is 60.8 Å². The van der Waals surface area contributed by atoms with Gasteiger partial charge in [-0.3, -0.25) is 0 Å². The Hall–Kier alpha value is -3.26. The number of methoxy groups -OCH3 is 1. The zero-order valence-electron chi connectivity index (χ0n) is 18.7. The molecule has 1 fully saturated rings. The first kappa shape index (κ1) is 21.0. The van der Waals surface area contributed by atoms with Gasteiger partial charge in [0.25, 0.3) is 0 Å². The van der Waals surface area contributed by atoms with Crippen LogP contribution in [0.25, 0.3) is 11.1 Å². The van der Waals surface area contributed by atoms with Gasteiger partial charge in [-0.25, -0.2) is 19.9 Å². The molecule has 1 aliphatic rings. The largest absolute Gasteiger partial charge is 0.497 e. The molecule has 0 radical (unpaired) electrons. The van der Waals surface area contributed by atoms with Crippen LogP contribution < -0.4 is 14.5 Å². The number of anilines is 2. The molecule has 3 heterocycles. The maximum absolute atomic E-state index is 6.20. The predicted molar refractivity (Wildman–Crippen MR) is 121 cm³/mol. The van der Waals surface area contributed by atoms with Crippen molar-refractivity contribution in [2.24, 2.45) is 0 Å². The Kier molecular flexibility index (Phi) is 5.99. The van der Waals surface area contributed by atoms with Crippen molar-refractivity contribution in [2.75, 3.05) is 50.7 Å². The van der Waals surface area contributed by atoms with Crippen molar-refractivity contribution in [1.29, 1.82) is 0 Å². The van der Waals surface area contributed by atoms with Crippen LogP contribution in [-0.2, 0) is 4.74 Å². The Morgan fingerprint density at radius 1 is 1.10 bits per heavy atom. The number of rotatable bonds is 5. The molecule has 4 rings (SSSR count). The molecule has 3 aromatic rings. The van der Waals surface area contributed by atoms with E-state index in [1.807, 2.05) is 69.4 Å². The Morgan fingerprint density at radius 2 is 1.87 bits per heavy atom. The van der Waals surface area contributed by atoms with E-state index in [4.69, 9.17) is 14.5 Å². The lowest BCUT2D eigenvalue weighted by Crippen LogP contribution is -2.39. The second kappa shape index (κ2) is 8.85. The summed E-state index contributed by atoms with van der Waals surface area (Å²) in [5, 5.41) is 0. The third-order valence-corrected chi connectivity index (χ3v) is 5.25. The van der Waals surface area contributed by atoms with Crippen LogP contribution in [0.1, 0.15) is 23.3 Å². The zero-order valence-corrected chi connectivity index (χ0v) is 18.7. The molecule has 1 atom stereocenters. The monoisotopic (exact) mass is 420 g/mol. The lowest BCUT2D eigenvalue weighted by Gasteiger charge is -2.34. The quantitative estimate of drug-likeness (QED) is 0.623. The van der Waals surface area contributed by atoms with Crippen LogP contribution in [0.4, 0.5) is 11.8 Å². The van der Waals surface area contributed by atoms with Gasteiger partial charge in [-0.1, -0.05) is 12.1 Å². The summed E-state index contributed by atoms with van der Waals surface area (Å²) >= 11 is 0. The van der Waals surface area contributed by atoms with Gasteiger partial charge in [-0.2, -0.15) is 0 Å². The Morgan fingerprint density at radius 3 is 2.55 bits per heavy atom. The summed E-state index contributed by atoms with van der Waals surface area (Å²) in [4.78, 5) is 22.6. The van der Waals surface area contributed by atoms with Crippen molar-refractivity contribution in [3.63, 3.8) is 0 Å². The van der Waals surface area contributed by atoms with Crippen molar-refractivity contribution >= 4 is 11.8 Å². The minimum Gasteiger partial charge on any atom is -0.497 e. The summed E-state index contributed by atoms with van der Waals surface area (Å²) in [5.41, 5.74) is 3.81. The molecular weight excluding hydrogens is 392 g/mol. The first-order valence-corrected chi connectivity index (χ1v) is 10.3. The van der Waals surface area contributed by atoms with Gasteiger partial charge in [0.1, 0.15) is 23.5 Å². The predicted octanol–water partition coefficient (Wildman–Crippen LogP) is 3.20. The van der Waals surface area contributed by atoms with Crippen molar-refractivity contribution in [1.82, 2.24) is 19.9 Å². The van der Waals surface area contributed by atoms with Gasteiger partial charge in [0.15, 0.2) is 0 Å². The van der Waals surface area contributed by atoms with Gasteiger partial charge >= 0.3 is 0 Å². The second-order valence-corrected chi connectivity index (χ2v) is 7.81. The molecule has 0 aliphatic carbocycles. The molecule has 0 bridgehead atoms. The average molecular weight is 421 g/mol. The van der Waals surface area contributed by atoms with E-state index in [9.17, 15) is 0 Å². The zero-order chi connectivity index (χ0) is 22.0. The van der Waals surface area contributed by atoms with Gasteiger partial charge in [0.2, 0.25) is 5.95 Å². The molecule has 1 saturated heterocycles. The van der Waals surface area contributed by atoms with Crippen LogP contribution >= 0.6 is 0 Å². The van der Waals surface area contributed by atoms with Gasteiger partial charge in [-0.15, -0.1) is 0 Å². The van der Waals surface area contributed by atoms with E-state index in [1.165, 1.54) is 0 Å². The lowest BCUT2D eigenvalue weighted by atomic mass is 10.0. The highest BCUT2D eigenvalue weighted by molar-refractivity contribution is 5.67. The molecule has 8 heteroatoms. The maximum atomic E-state index is 6.20. The minimum absolute atomic E-state index is 0.205. The summed E-state index contributed by atoms with van der Waals surface area (Å²) in [6.07, 6.45) is 1.67. The molecule has 162 valence electrons. The summed E-state index contributed by atoms with van der Waals surface area (Å²) in [6, 6.07) is 9.95. The van der Waals surface area contributed by atoms with Crippen LogP contribution in [0, 0.1) is 13.8 Å². The number of aryl methyl sites for hydroxylation is 2. The number of ether oxygens (including phenoxy) is 2. The highest BCUT2D eigenvalue weighted by Crippen LogP contribution is 2.33. The number of hydrogen-bond acceptors (Lipinski definition) is 8. The molecule has 1 aliphatic heterocycles. The summed E-state index contributed by atoms with van der Waals surface area (Å²) < 4.78 is 11.5. The van der Waals surface area contributed by atoms with E-state index in [0.29, 0.717) is 19.1 Å². The highest BCUT2D eigenvalue weighted by atomic mass is 16.5. The molecule has 2 aromatic heterocycles. The number of benzene rings is 1. The highest BCUT2D eigenvalue weighted by Gasteiger charge is 2.28. The van der Waals surface area contributed by atoms with E-state index in [0.717, 1.165) is 46.5 Å². The fraction of sp³-hybridized carbons (Fsp3) is 0.391. The normalized spacial score (nSPS) is 16.3. The second-order valence-electron chi connectivity index (χ2n) is 7.81. The SMILES string of the molecule is COc1ccc(-c2cnc(N(C)C)nc2[C@@H]2CN(c3cc(C)nc(C)n3)CCO2)cc1. The maximum Gasteiger partial charge on any atom is 0.225 e. The van der Waals surface area contributed by atoms with E-state index < -0.39 is 0 Å². The van der Waals surface area contributed by atoms with Gasteiger partial charge in [0, 0.05) is 44.2 Å². The number of morpholine rings is 1. The molecule has 0 amide bonds. The number of aromatic nitrogens is 4. The van der Waals surface area contributed by atoms with Gasteiger partial charge < -0.3 is 19.3 Å². The number of nitrogens with zero attached hydrogens (tertiary/aromatic N) is 6. The summed E-state index contributed by atoms with van der Waals surface area (Å²) in [6.45, 7) is 5.94. The van der Waals surface area contributed by atoms with Crippen molar-refractivity contribution in [3.8, 4) is 16.9 Å². The van der Waals surface area contributed by atoms with Crippen molar-refractivity contribution < 1.29 is 9.47 Å². The molecule has 1 aromatic carbocycles. The van der Waals surface area contributed by atoms with Crippen LogP contribution in [0.2, 0.25) is 0 Å².